The van der Waals surface area contributed by atoms with E-state index in [2.05, 4.69) is 15.9 Å². The fourth-order valence-corrected chi connectivity index (χ4v) is 1.62. The van der Waals surface area contributed by atoms with E-state index in [4.69, 9.17) is 10.2 Å². The zero-order valence-corrected chi connectivity index (χ0v) is 12.0. The van der Waals surface area contributed by atoms with E-state index in [-0.39, 0.29) is 27.1 Å². The molecule has 21 heavy (non-hydrogen) atoms. The van der Waals surface area contributed by atoms with E-state index in [0.29, 0.717) is 12.6 Å². The van der Waals surface area contributed by atoms with Gasteiger partial charge in [-0.3, -0.25) is 9.59 Å². The van der Waals surface area contributed by atoms with Crippen molar-refractivity contribution in [2.45, 2.75) is 0 Å². The van der Waals surface area contributed by atoms with Crippen LogP contribution in [0.25, 0.3) is 0 Å². The summed E-state index contributed by atoms with van der Waals surface area (Å²) in [5.74, 6) is -1.81. The first-order valence-electron chi connectivity index (χ1n) is 5.46. The van der Waals surface area contributed by atoms with Gasteiger partial charge in [0.05, 0.1) is 15.6 Å². The summed E-state index contributed by atoms with van der Waals surface area (Å²) in [5.41, 5.74) is 0.166. The Balaban J connectivity index is 0.000000211. The van der Waals surface area contributed by atoms with Crippen molar-refractivity contribution in [3.8, 4) is 11.5 Å². The number of carbonyl (C=O) groups is 2. The Bertz CT molecular complexity index is 674. The normalized spacial score (nSPS) is 9.48. The van der Waals surface area contributed by atoms with Gasteiger partial charge >= 0.3 is 0 Å². The Morgan fingerprint density at radius 3 is 2.00 bits per heavy atom. The smallest absolute Gasteiger partial charge is 0.153 e. The third-order valence-corrected chi connectivity index (χ3v) is 2.92. The van der Waals surface area contributed by atoms with Gasteiger partial charge in [-0.1, -0.05) is 0 Å². The van der Waals surface area contributed by atoms with Crippen LogP contribution in [0.15, 0.2) is 34.8 Å². The van der Waals surface area contributed by atoms with Gasteiger partial charge < -0.3 is 10.2 Å². The molecule has 0 unspecified atom stereocenters. The molecule has 2 aromatic rings. The van der Waals surface area contributed by atoms with Gasteiger partial charge in [0.15, 0.2) is 12.6 Å². The maximum absolute atomic E-state index is 12.6. The molecule has 0 amide bonds. The molecule has 0 saturated heterocycles. The zero-order chi connectivity index (χ0) is 16.0. The summed E-state index contributed by atoms with van der Waals surface area (Å²) in [4.78, 5) is 20.2. The van der Waals surface area contributed by atoms with Crippen molar-refractivity contribution >= 4 is 28.5 Å². The lowest BCUT2D eigenvalue weighted by molar-refractivity contribution is 0.111. The minimum Gasteiger partial charge on any atom is -0.507 e. The molecule has 0 aliphatic carbocycles. The summed E-state index contributed by atoms with van der Waals surface area (Å²) in [7, 11) is 0. The number of benzene rings is 2. The minimum absolute atomic E-state index is 0.0678. The van der Waals surface area contributed by atoms with Crippen molar-refractivity contribution in [3.63, 3.8) is 0 Å². The van der Waals surface area contributed by atoms with Crippen LogP contribution in [0.5, 0.6) is 11.5 Å². The predicted octanol–water partition coefficient (Wildman–Crippen LogP) is 3.45. The maximum Gasteiger partial charge on any atom is 0.153 e. The number of phenolic OH excluding ortho intramolecular Hbond substituents is 2. The van der Waals surface area contributed by atoms with Crippen LogP contribution in [0.4, 0.5) is 8.78 Å². The number of phenols is 2. The number of rotatable bonds is 2. The van der Waals surface area contributed by atoms with Gasteiger partial charge in [-0.05, 0) is 34.1 Å². The number of carbonyl (C=O) groups excluding carboxylic acids is 2. The third kappa shape index (κ3) is 4.64. The van der Waals surface area contributed by atoms with Gasteiger partial charge in [0.25, 0.3) is 0 Å². The molecule has 0 aliphatic heterocycles. The summed E-state index contributed by atoms with van der Waals surface area (Å²) in [6, 6.07) is 5.33. The molecule has 2 rings (SSSR count). The lowest BCUT2D eigenvalue weighted by atomic mass is 10.2. The Kier molecular flexibility index (Phi) is 5.98. The van der Waals surface area contributed by atoms with Crippen molar-refractivity contribution in [1.82, 2.24) is 0 Å². The van der Waals surface area contributed by atoms with Crippen LogP contribution in [-0.4, -0.2) is 22.8 Å². The Morgan fingerprint density at radius 1 is 0.905 bits per heavy atom. The highest BCUT2D eigenvalue weighted by molar-refractivity contribution is 9.10. The Labute approximate surface area is 126 Å². The SMILES string of the molecule is O=Cc1cc(Br)c(F)cc1O.O=Cc1ccc(F)cc1O. The third-order valence-electron chi connectivity index (χ3n) is 2.32. The Morgan fingerprint density at radius 2 is 1.48 bits per heavy atom. The summed E-state index contributed by atoms with van der Waals surface area (Å²) in [6.07, 6.45) is 0.925. The van der Waals surface area contributed by atoms with Crippen LogP contribution in [0.1, 0.15) is 20.7 Å². The topological polar surface area (TPSA) is 74.6 Å². The molecule has 0 fully saturated rings. The highest BCUT2D eigenvalue weighted by Gasteiger charge is 2.05. The lowest BCUT2D eigenvalue weighted by Gasteiger charge is -1.98. The summed E-state index contributed by atoms with van der Waals surface area (Å²) in [6.45, 7) is 0. The molecular formula is C14H9BrF2O4. The molecule has 0 saturated carbocycles. The molecule has 2 N–H and O–H groups in total. The van der Waals surface area contributed by atoms with Crippen molar-refractivity contribution < 1.29 is 28.6 Å². The molecular weight excluding hydrogens is 350 g/mol. The maximum atomic E-state index is 12.6. The van der Waals surface area contributed by atoms with E-state index in [1.165, 1.54) is 12.1 Å². The lowest BCUT2D eigenvalue weighted by Crippen LogP contribution is -1.84. The second-order valence-electron chi connectivity index (χ2n) is 3.76. The summed E-state index contributed by atoms with van der Waals surface area (Å²) >= 11 is 2.88. The van der Waals surface area contributed by atoms with E-state index in [0.717, 1.165) is 18.2 Å². The van der Waals surface area contributed by atoms with Crippen molar-refractivity contribution in [1.29, 1.82) is 0 Å². The first-order chi connectivity index (χ1) is 9.88. The van der Waals surface area contributed by atoms with E-state index >= 15 is 0 Å². The van der Waals surface area contributed by atoms with E-state index in [1.54, 1.807) is 0 Å². The molecule has 110 valence electrons. The van der Waals surface area contributed by atoms with Crippen molar-refractivity contribution in [2.75, 3.05) is 0 Å². The monoisotopic (exact) mass is 358 g/mol. The highest BCUT2D eigenvalue weighted by atomic mass is 79.9. The zero-order valence-electron chi connectivity index (χ0n) is 10.4. The fourth-order valence-electron chi connectivity index (χ4n) is 1.26. The largest absolute Gasteiger partial charge is 0.507 e. The number of hydrogen-bond acceptors (Lipinski definition) is 4. The van der Waals surface area contributed by atoms with E-state index < -0.39 is 11.6 Å². The number of halogens is 3. The first kappa shape index (κ1) is 16.8. The van der Waals surface area contributed by atoms with Gasteiger partial charge in [-0.25, -0.2) is 8.78 Å². The molecule has 0 spiro atoms. The first-order valence-corrected chi connectivity index (χ1v) is 6.25. The number of aldehydes is 2. The molecule has 2 aromatic carbocycles. The Hall–Kier alpha value is -2.28. The van der Waals surface area contributed by atoms with Crippen LogP contribution in [-0.2, 0) is 0 Å². The summed E-state index contributed by atoms with van der Waals surface area (Å²) < 4.78 is 24.9. The van der Waals surface area contributed by atoms with Crippen LogP contribution >= 0.6 is 15.9 Å². The summed E-state index contributed by atoms with van der Waals surface area (Å²) in [5, 5.41) is 17.7. The van der Waals surface area contributed by atoms with Gasteiger partial charge in [0.1, 0.15) is 23.1 Å². The highest BCUT2D eigenvalue weighted by Crippen LogP contribution is 2.23. The molecule has 0 aromatic heterocycles. The van der Waals surface area contributed by atoms with Crippen LogP contribution in [0, 0.1) is 11.6 Å². The average Bonchev–Trinajstić information content (AvgIpc) is 2.44. The second kappa shape index (κ2) is 7.49. The molecule has 0 heterocycles. The van der Waals surface area contributed by atoms with E-state index in [1.807, 2.05) is 0 Å². The average molecular weight is 359 g/mol. The molecule has 0 aliphatic rings. The molecule has 7 heteroatoms. The molecule has 0 atom stereocenters. The van der Waals surface area contributed by atoms with Gasteiger partial charge in [-0.2, -0.15) is 0 Å². The minimum atomic E-state index is -0.590. The fraction of sp³-hybridized carbons (Fsp3) is 0. The van der Waals surface area contributed by atoms with Gasteiger partial charge in [0.2, 0.25) is 0 Å². The van der Waals surface area contributed by atoms with Crippen LogP contribution < -0.4 is 0 Å². The van der Waals surface area contributed by atoms with Crippen molar-refractivity contribution in [3.05, 3.63) is 57.6 Å². The van der Waals surface area contributed by atoms with Gasteiger partial charge in [-0.15, -0.1) is 0 Å². The van der Waals surface area contributed by atoms with E-state index in [9.17, 15) is 18.4 Å². The van der Waals surface area contributed by atoms with Crippen LogP contribution in [0.2, 0.25) is 0 Å². The van der Waals surface area contributed by atoms with Gasteiger partial charge in [0, 0.05) is 12.1 Å². The predicted molar refractivity (Wildman–Crippen MR) is 74.6 cm³/mol. The van der Waals surface area contributed by atoms with Crippen LogP contribution in [0.3, 0.4) is 0 Å². The quantitative estimate of drug-likeness (QED) is 0.806. The number of hydrogen-bond donors (Lipinski definition) is 2. The number of aromatic hydroxyl groups is 2. The molecule has 0 bridgehead atoms. The second-order valence-corrected chi connectivity index (χ2v) is 4.62. The molecule has 0 radical (unpaired) electrons. The molecule has 4 nitrogen and oxygen atoms in total. The standard InChI is InChI=1S/C7H4BrFO2.C7H5FO2/c8-5-1-4(3-10)7(11)2-6(5)9;8-6-2-1-5(4-9)7(10)3-6/h1-3,11H;1-4,10H. The van der Waals surface area contributed by atoms with Crippen molar-refractivity contribution in [2.24, 2.45) is 0 Å².